The van der Waals surface area contributed by atoms with Crippen molar-refractivity contribution in [2.24, 2.45) is 5.16 Å². The molecular formula is C14H10N2O2. The number of pyridine rings is 1. The van der Waals surface area contributed by atoms with Crippen molar-refractivity contribution < 1.29 is 9.63 Å². The average molecular weight is 238 g/mol. The van der Waals surface area contributed by atoms with E-state index in [1.807, 2.05) is 42.5 Å². The van der Waals surface area contributed by atoms with Crippen LogP contribution in [0, 0.1) is 0 Å². The third-order valence-electron chi connectivity index (χ3n) is 2.75. The lowest BCUT2D eigenvalue weighted by Gasteiger charge is -2.02. The third kappa shape index (κ3) is 2.00. The van der Waals surface area contributed by atoms with Gasteiger partial charge in [-0.15, -0.1) is 0 Å². The van der Waals surface area contributed by atoms with E-state index >= 15 is 0 Å². The lowest BCUT2D eigenvalue weighted by molar-refractivity contribution is -0.140. The summed E-state index contributed by atoms with van der Waals surface area (Å²) in [6.45, 7) is 0. The van der Waals surface area contributed by atoms with Crippen LogP contribution >= 0.6 is 0 Å². The van der Waals surface area contributed by atoms with Gasteiger partial charge < -0.3 is 4.84 Å². The van der Waals surface area contributed by atoms with Crippen molar-refractivity contribution in [1.82, 2.24) is 4.98 Å². The van der Waals surface area contributed by atoms with Crippen LogP contribution in [-0.2, 0) is 9.63 Å². The SMILES string of the molecule is O=C1CC(c2ccc(-c3ccccn3)cc2)=NO1. The van der Waals surface area contributed by atoms with Crippen molar-refractivity contribution in [2.45, 2.75) is 6.42 Å². The molecule has 4 heteroatoms. The van der Waals surface area contributed by atoms with E-state index in [-0.39, 0.29) is 12.4 Å². The van der Waals surface area contributed by atoms with Gasteiger partial charge in [-0.2, -0.15) is 0 Å². The maximum atomic E-state index is 11.0. The molecule has 0 radical (unpaired) electrons. The molecule has 0 aliphatic carbocycles. The molecule has 4 nitrogen and oxygen atoms in total. The second kappa shape index (κ2) is 4.41. The number of nitrogens with zero attached hydrogens (tertiary/aromatic N) is 2. The molecule has 2 aromatic rings. The Labute approximate surface area is 104 Å². The molecule has 3 rings (SSSR count). The standard InChI is InChI=1S/C14H10N2O2/c17-14-9-13(16-18-14)11-6-4-10(5-7-11)12-3-1-2-8-15-12/h1-8H,9H2. The minimum Gasteiger partial charge on any atom is -0.318 e. The van der Waals surface area contributed by atoms with Crippen LogP contribution in [0.4, 0.5) is 0 Å². The number of aromatic nitrogens is 1. The summed E-state index contributed by atoms with van der Waals surface area (Å²) in [4.78, 5) is 19.8. The monoisotopic (exact) mass is 238 g/mol. The van der Waals surface area contributed by atoms with Gasteiger partial charge in [0.1, 0.15) is 0 Å². The summed E-state index contributed by atoms with van der Waals surface area (Å²) in [5.41, 5.74) is 3.53. The Hall–Kier alpha value is -2.49. The number of carbonyl (C=O) groups excluding carboxylic acids is 1. The molecule has 0 fully saturated rings. The summed E-state index contributed by atoms with van der Waals surface area (Å²) >= 11 is 0. The quantitative estimate of drug-likeness (QED) is 0.755. The summed E-state index contributed by atoms with van der Waals surface area (Å²) < 4.78 is 0. The minimum absolute atomic E-state index is 0.239. The van der Waals surface area contributed by atoms with Crippen LogP contribution in [0.3, 0.4) is 0 Å². The fraction of sp³-hybridized carbons (Fsp3) is 0.0714. The maximum Gasteiger partial charge on any atom is 0.341 e. The minimum atomic E-state index is -0.307. The molecule has 88 valence electrons. The molecule has 1 aromatic carbocycles. The topological polar surface area (TPSA) is 51.5 Å². The fourth-order valence-corrected chi connectivity index (χ4v) is 1.83. The van der Waals surface area contributed by atoms with Crippen LogP contribution in [0.15, 0.2) is 53.8 Å². The van der Waals surface area contributed by atoms with E-state index in [0.717, 1.165) is 16.8 Å². The van der Waals surface area contributed by atoms with Gasteiger partial charge in [-0.05, 0) is 17.7 Å². The summed E-state index contributed by atoms with van der Waals surface area (Å²) in [6.07, 6.45) is 2.00. The highest BCUT2D eigenvalue weighted by Crippen LogP contribution is 2.19. The molecule has 0 bridgehead atoms. The first-order valence-corrected chi connectivity index (χ1v) is 5.61. The summed E-state index contributed by atoms with van der Waals surface area (Å²) in [7, 11) is 0. The molecule has 0 unspecified atom stereocenters. The normalized spacial score (nSPS) is 14.2. The number of carbonyl (C=O) groups is 1. The van der Waals surface area contributed by atoms with Gasteiger partial charge in [-0.1, -0.05) is 35.5 Å². The van der Waals surface area contributed by atoms with E-state index in [1.165, 1.54) is 0 Å². The van der Waals surface area contributed by atoms with Gasteiger partial charge in [0.25, 0.3) is 0 Å². The van der Waals surface area contributed by atoms with Crippen LogP contribution in [0.25, 0.3) is 11.3 Å². The molecule has 0 atom stereocenters. The second-order valence-electron chi connectivity index (χ2n) is 3.97. The van der Waals surface area contributed by atoms with Crippen LogP contribution in [0.2, 0.25) is 0 Å². The lowest BCUT2D eigenvalue weighted by atomic mass is 10.0. The molecule has 0 saturated heterocycles. The van der Waals surface area contributed by atoms with E-state index in [1.54, 1.807) is 6.20 Å². The van der Waals surface area contributed by atoms with Crippen LogP contribution in [0.1, 0.15) is 12.0 Å². The third-order valence-corrected chi connectivity index (χ3v) is 2.75. The van der Waals surface area contributed by atoms with Gasteiger partial charge in [0.2, 0.25) is 0 Å². The molecule has 18 heavy (non-hydrogen) atoms. The van der Waals surface area contributed by atoms with E-state index in [9.17, 15) is 4.79 Å². The van der Waals surface area contributed by atoms with Crippen molar-refractivity contribution in [1.29, 1.82) is 0 Å². The number of rotatable bonds is 2. The van der Waals surface area contributed by atoms with Crippen molar-refractivity contribution in [3.63, 3.8) is 0 Å². The van der Waals surface area contributed by atoms with Gasteiger partial charge in [0, 0.05) is 11.8 Å². The van der Waals surface area contributed by atoms with Crippen molar-refractivity contribution in [3.8, 4) is 11.3 Å². The van der Waals surface area contributed by atoms with Crippen molar-refractivity contribution in [2.75, 3.05) is 0 Å². The molecule has 0 spiro atoms. The number of oxime groups is 1. The molecule has 2 heterocycles. The largest absolute Gasteiger partial charge is 0.341 e. The molecule has 0 amide bonds. The highest BCUT2D eigenvalue weighted by molar-refractivity contribution is 6.11. The highest BCUT2D eigenvalue weighted by atomic mass is 16.7. The lowest BCUT2D eigenvalue weighted by Crippen LogP contribution is -2.00. The predicted octanol–water partition coefficient (Wildman–Crippen LogP) is 2.40. The molecule has 1 aliphatic heterocycles. The van der Waals surface area contributed by atoms with Gasteiger partial charge in [-0.3, -0.25) is 4.98 Å². The zero-order valence-electron chi connectivity index (χ0n) is 9.54. The van der Waals surface area contributed by atoms with E-state index in [2.05, 4.69) is 15.0 Å². The zero-order chi connectivity index (χ0) is 12.4. The maximum absolute atomic E-state index is 11.0. The number of hydrogen-bond donors (Lipinski definition) is 0. The summed E-state index contributed by atoms with van der Waals surface area (Å²) in [5, 5.41) is 3.74. The van der Waals surface area contributed by atoms with E-state index < -0.39 is 0 Å². The molecule has 1 aromatic heterocycles. The predicted molar refractivity (Wildman–Crippen MR) is 66.9 cm³/mol. The smallest absolute Gasteiger partial charge is 0.318 e. The van der Waals surface area contributed by atoms with Crippen LogP contribution < -0.4 is 0 Å². The van der Waals surface area contributed by atoms with Gasteiger partial charge in [0.15, 0.2) is 0 Å². The summed E-state index contributed by atoms with van der Waals surface area (Å²) in [6, 6.07) is 13.5. The molecule has 1 aliphatic rings. The zero-order valence-corrected chi connectivity index (χ0v) is 9.54. The number of benzene rings is 1. The molecule has 0 N–H and O–H groups in total. The Balaban J connectivity index is 1.88. The Morgan fingerprint density at radius 1 is 1.00 bits per heavy atom. The molecule has 0 saturated carbocycles. The Bertz CT molecular complexity index is 603. The summed E-state index contributed by atoms with van der Waals surface area (Å²) in [5.74, 6) is -0.307. The Morgan fingerprint density at radius 2 is 1.78 bits per heavy atom. The molecular weight excluding hydrogens is 228 g/mol. The van der Waals surface area contributed by atoms with Crippen LogP contribution in [0.5, 0.6) is 0 Å². The van der Waals surface area contributed by atoms with Gasteiger partial charge in [0.05, 0.1) is 17.8 Å². The highest BCUT2D eigenvalue weighted by Gasteiger charge is 2.18. The Kier molecular flexibility index (Phi) is 2.61. The van der Waals surface area contributed by atoms with Gasteiger partial charge >= 0.3 is 5.97 Å². The fourth-order valence-electron chi connectivity index (χ4n) is 1.83. The van der Waals surface area contributed by atoms with Gasteiger partial charge in [-0.25, -0.2) is 4.79 Å². The Morgan fingerprint density at radius 3 is 2.39 bits per heavy atom. The number of hydrogen-bond acceptors (Lipinski definition) is 4. The first kappa shape index (κ1) is 10.7. The average Bonchev–Trinajstić information content (AvgIpc) is 2.87. The van der Waals surface area contributed by atoms with Crippen molar-refractivity contribution in [3.05, 3.63) is 54.2 Å². The first-order chi connectivity index (χ1) is 8.83. The van der Waals surface area contributed by atoms with Crippen LogP contribution in [-0.4, -0.2) is 16.7 Å². The van der Waals surface area contributed by atoms with Crippen molar-refractivity contribution >= 4 is 11.7 Å². The van der Waals surface area contributed by atoms with E-state index in [4.69, 9.17) is 0 Å². The first-order valence-electron chi connectivity index (χ1n) is 5.61. The second-order valence-corrected chi connectivity index (χ2v) is 3.97. The van der Waals surface area contributed by atoms with E-state index in [0.29, 0.717) is 5.71 Å².